The summed E-state index contributed by atoms with van der Waals surface area (Å²) in [5, 5.41) is 14.2. The van der Waals surface area contributed by atoms with E-state index in [2.05, 4.69) is 34.9 Å². The minimum absolute atomic E-state index is 0.803. The smallest absolute Gasteiger partial charge is 0.490 e. The summed E-state index contributed by atoms with van der Waals surface area (Å²) in [7, 11) is 0. The molecule has 7 nitrogen and oxygen atoms in total. The Hall–Kier alpha value is -2.54. The molecule has 2 N–H and O–H groups in total. The number of halogens is 6. The van der Waals surface area contributed by atoms with Crippen LogP contribution in [-0.2, 0) is 9.59 Å². The number of carbonyl (C=O) groups is 2. The lowest BCUT2D eigenvalue weighted by atomic mass is 10.0. The molecule has 0 saturated carbocycles. The highest BCUT2D eigenvalue weighted by Crippen LogP contribution is 2.21. The molecule has 2 aliphatic rings. The van der Waals surface area contributed by atoms with Gasteiger partial charge in [0.05, 0.1) is 0 Å². The lowest BCUT2D eigenvalue weighted by Crippen LogP contribution is -2.44. The SMILES string of the molecule is Cc1cccc(OCCN2CCC(N3CCCC3)CC2)c1.O=C(O)C(F)(F)F.O=C(O)C(F)(F)F. The molecular formula is C22H30F6N2O5. The average molecular weight is 516 g/mol. The molecule has 1 aromatic carbocycles. The first-order valence-corrected chi connectivity index (χ1v) is 11.0. The van der Waals surface area contributed by atoms with Gasteiger partial charge >= 0.3 is 24.3 Å². The number of benzene rings is 1. The van der Waals surface area contributed by atoms with Gasteiger partial charge in [0.15, 0.2) is 0 Å². The molecule has 2 fully saturated rings. The van der Waals surface area contributed by atoms with Crippen molar-refractivity contribution >= 4 is 11.9 Å². The van der Waals surface area contributed by atoms with Crippen LogP contribution in [0.5, 0.6) is 5.75 Å². The maximum absolute atomic E-state index is 10.6. The van der Waals surface area contributed by atoms with E-state index in [0.29, 0.717) is 0 Å². The molecule has 0 atom stereocenters. The second-order valence-corrected chi connectivity index (χ2v) is 8.09. The zero-order valence-electron chi connectivity index (χ0n) is 19.2. The Bertz CT molecular complexity index is 765. The quantitative estimate of drug-likeness (QED) is 0.567. The van der Waals surface area contributed by atoms with Gasteiger partial charge in [0.25, 0.3) is 0 Å². The summed E-state index contributed by atoms with van der Waals surface area (Å²) in [4.78, 5) is 23.1. The van der Waals surface area contributed by atoms with Crippen LogP contribution in [-0.4, -0.2) is 89.7 Å². The molecular weight excluding hydrogens is 486 g/mol. The van der Waals surface area contributed by atoms with Crippen LogP contribution in [0.4, 0.5) is 26.3 Å². The van der Waals surface area contributed by atoms with Crippen molar-refractivity contribution < 1.29 is 50.9 Å². The first kappa shape index (κ1) is 30.5. The molecule has 1 aromatic rings. The molecule has 0 bridgehead atoms. The van der Waals surface area contributed by atoms with E-state index in [-0.39, 0.29) is 0 Å². The number of carboxylic acids is 2. The molecule has 0 aliphatic carbocycles. The van der Waals surface area contributed by atoms with E-state index in [1.165, 1.54) is 57.4 Å². The van der Waals surface area contributed by atoms with Crippen LogP contribution < -0.4 is 4.74 Å². The molecule has 0 spiro atoms. The van der Waals surface area contributed by atoms with Gasteiger partial charge in [-0.05, 0) is 76.5 Å². The number of piperidine rings is 1. The summed E-state index contributed by atoms with van der Waals surface area (Å²) in [5.41, 5.74) is 1.26. The van der Waals surface area contributed by atoms with Crippen molar-refractivity contribution in [2.75, 3.05) is 39.3 Å². The molecule has 2 aliphatic heterocycles. The van der Waals surface area contributed by atoms with Gasteiger partial charge in [0, 0.05) is 12.6 Å². The lowest BCUT2D eigenvalue weighted by Gasteiger charge is -2.36. The number of aliphatic carboxylic acids is 2. The predicted octanol–water partition coefficient (Wildman–Crippen LogP) is 4.20. The zero-order chi connectivity index (χ0) is 26.6. The van der Waals surface area contributed by atoms with Crippen LogP contribution in [0.3, 0.4) is 0 Å². The number of rotatable bonds is 5. The monoisotopic (exact) mass is 516 g/mol. The number of hydrogen-bond donors (Lipinski definition) is 2. The Morgan fingerprint density at radius 3 is 1.86 bits per heavy atom. The Kier molecular flexibility index (Phi) is 12.3. The molecule has 0 amide bonds. The Labute approximate surface area is 199 Å². The molecule has 2 heterocycles. The van der Waals surface area contributed by atoms with Crippen LogP contribution in [0.1, 0.15) is 31.2 Å². The number of likely N-dealkylation sites (tertiary alicyclic amines) is 2. The Balaban J connectivity index is 0.000000362. The van der Waals surface area contributed by atoms with E-state index >= 15 is 0 Å². The first-order valence-electron chi connectivity index (χ1n) is 11.0. The van der Waals surface area contributed by atoms with Crippen molar-refractivity contribution in [3.8, 4) is 5.75 Å². The van der Waals surface area contributed by atoms with Crippen LogP contribution in [0.2, 0.25) is 0 Å². The summed E-state index contributed by atoms with van der Waals surface area (Å²) >= 11 is 0. The van der Waals surface area contributed by atoms with Gasteiger partial charge < -0.3 is 19.8 Å². The average Bonchev–Trinajstić information content (AvgIpc) is 3.29. The van der Waals surface area contributed by atoms with Crippen molar-refractivity contribution in [2.45, 2.75) is 51.0 Å². The van der Waals surface area contributed by atoms with Crippen LogP contribution in [0.15, 0.2) is 24.3 Å². The van der Waals surface area contributed by atoms with Gasteiger partial charge in [-0.2, -0.15) is 26.3 Å². The molecule has 0 unspecified atom stereocenters. The van der Waals surface area contributed by atoms with E-state index in [1.54, 1.807) is 0 Å². The molecule has 35 heavy (non-hydrogen) atoms. The number of hydrogen-bond acceptors (Lipinski definition) is 5. The third-order valence-electron chi connectivity index (χ3n) is 5.36. The van der Waals surface area contributed by atoms with Crippen molar-refractivity contribution in [3.05, 3.63) is 29.8 Å². The Morgan fingerprint density at radius 1 is 0.943 bits per heavy atom. The normalized spacial score (nSPS) is 17.6. The second-order valence-electron chi connectivity index (χ2n) is 8.09. The summed E-state index contributed by atoms with van der Waals surface area (Å²) in [6, 6.07) is 9.18. The van der Waals surface area contributed by atoms with E-state index in [1.807, 2.05) is 6.07 Å². The molecule has 3 rings (SSSR count). The van der Waals surface area contributed by atoms with Crippen molar-refractivity contribution in [3.63, 3.8) is 0 Å². The predicted molar refractivity (Wildman–Crippen MR) is 114 cm³/mol. The largest absolute Gasteiger partial charge is 0.492 e. The minimum Gasteiger partial charge on any atom is -0.492 e. The third-order valence-corrected chi connectivity index (χ3v) is 5.36. The fourth-order valence-electron chi connectivity index (χ4n) is 3.61. The number of nitrogens with zero attached hydrogens (tertiary/aromatic N) is 2. The highest BCUT2D eigenvalue weighted by molar-refractivity contribution is 5.73. The fraction of sp³-hybridized carbons (Fsp3) is 0.636. The van der Waals surface area contributed by atoms with Crippen LogP contribution in [0, 0.1) is 6.92 Å². The minimum atomic E-state index is -5.08. The summed E-state index contributed by atoms with van der Waals surface area (Å²) in [6.45, 7) is 9.10. The molecule has 2 saturated heterocycles. The molecule has 0 radical (unpaired) electrons. The van der Waals surface area contributed by atoms with Gasteiger partial charge in [-0.25, -0.2) is 9.59 Å². The van der Waals surface area contributed by atoms with Crippen molar-refractivity contribution in [2.24, 2.45) is 0 Å². The van der Waals surface area contributed by atoms with Gasteiger partial charge in [-0.3, -0.25) is 4.90 Å². The van der Waals surface area contributed by atoms with E-state index < -0.39 is 24.3 Å². The molecule has 0 aromatic heterocycles. The van der Waals surface area contributed by atoms with Crippen LogP contribution >= 0.6 is 0 Å². The van der Waals surface area contributed by atoms with Crippen molar-refractivity contribution in [1.29, 1.82) is 0 Å². The Morgan fingerprint density at radius 2 is 1.43 bits per heavy atom. The maximum Gasteiger partial charge on any atom is 0.490 e. The zero-order valence-corrected chi connectivity index (χ0v) is 19.2. The van der Waals surface area contributed by atoms with E-state index in [0.717, 1.165) is 24.9 Å². The number of aryl methyl sites for hydroxylation is 1. The van der Waals surface area contributed by atoms with Crippen LogP contribution in [0.25, 0.3) is 0 Å². The number of ether oxygens (including phenoxy) is 1. The number of alkyl halides is 6. The first-order chi connectivity index (χ1) is 16.2. The van der Waals surface area contributed by atoms with Gasteiger partial charge in [-0.15, -0.1) is 0 Å². The van der Waals surface area contributed by atoms with Gasteiger partial charge in [-0.1, -0.05) is 12.1 Å². The topological polar surface area (TPSA) is 90.3 Å². The fourth-order valence-corrected chi connectivity index (χ4v) is 3.61. The third kappa shape index (κ3) is 12.6. The summed E-state index contributed by atoms with van der Waals surface area (Å²) in [5.74, 6) is -4.51. The highest BCUT2D eigenvalue weighted by atomic mass is 19.4. The highest BCUT2D eigenvalue weighted by Gasteiger charge is 2.38. The standard InChI is InChI=1S/C18H28N2O.2C2HF3O2/c1-16-5-4-6-18(15-16)21-14-13-19-11-7-17(8-12-19)20-9-2-3-10-20;2*3-2(4,5)1(6)7/h4-6,15,17H,2-3,7-14H2,1H3;2*(H,6,7). The maximum atomic E-state index is 10.6. The molecule has 13 heteroatoms. The number of carboxylic acid groups (broad SMARTS) is 2. The second kappa shape index (κ2) is 14.1. The van der Waals surface area contributed by atoms with Crippen molar-refractivity contribution in [1.82, 2.24) is 9.80 Å². The van der Waals surface area contributed by atoms with Gasteiger partial charge in [0.1, 0.15) is 12.4 Å². The van der Waals surface area contributed by atoms with E-state index in [9.17, 15) is 26.3 Å². The van der Waals surface area contributed by atoms with Gasteiger partial charge in [0.2, 0.25) is 0 Å². The summed E-state index contributed by atoms with van der Waals surface area (Å²) in [6.07, 6.45) is -4.68. The summed E-state index contributed by atoms with van der Waals surface area (Å²) < 4.78 is 69.3. The lowest BCUT2D eigenvalue weighted by molar-refractivity contribution is -0.193. The molecule has 200 valence electrons. The van der Waals surface area contributed by atoms with E-state index in [4.69, 9.17) is 24.5 Å².